The summed E-state index contributed by atoms with van der Waals surface area (Å²) in [5.74, 6) is 1.51. The molecule has 1 heterocycles. The van der Waals surface area contributed by atoms with E-state index in [9.17, 15) is 0 Å². The standard InChI is InChI=1S/C17H23NS/c1-12(2)14-6-4-9-17(18,11-14)15-7-3-5-13-8-10-19-16(13)15/h3,5,7-8,10,12,14H,4,6,9,11,18H2,1-2H3. The van der Waals surface area contributed by atoms with E-state index in [2.05, 4.69) is 43.5 Å². The van der Waals surface area contributed by atoms with Crippen LogP contribution in [0.1, 0.15) is 45.1 Å². The van der Waals surface area contributed by atoms with Crippen molar-refractivity contribution in [3.8, 4) is 0 Å². The molecule has 1 saturated carbocycles. The molecule has 2 N–H and O–H groups in total. The number of hydrogen-bond donors (Lipinski definition) is 1. The second-order valence-corrected chi connectivity index (χ2v) is 7.32. The number of benzene rings is 1. The van der Waals surface area contributed by atoms with Gasteiger partial charge in [0, 0.05) is 10.2 Å². The lowest BCUT2D eigenvalue weighted by atomic mass is 9.69. The Morgan fingerprint density at radius 3 is 2.95 bits per heavy atom. The van der Waals surface area contributed by atoms with Crippen LogP contribution in [0.4, 0.5) is 0 Å². The van der Waals surface area contributed by atoms with Gasteiger partial charge in [0.1, 0.15) is 0 Å². The number of hydrogen-bond acceptors (Lipinski definition) is 2. The molecular weight excluding hydrogens is 250 g/mol. The average molecular weight is 273 g/mol. The molecule has 0 saturated heterocycles. The largest absolute Gasteiger partial charge is 0.321 e. The lowest BCUT2D eigenvalue weighted by molar-refractivity contribution is 0.185. The van der Waals surface area contributed by atoms with E-state index in [0.717, 1.165) is 24.7 Å². The van der Waals surface area contributed by atoms with Crippen molar-refractivity contribution < 1.29 is 0 Å². The highest BCUT2D eigenvalue weighted by Crippen LogP contribution is 2.43. The second kappa shape index (κ2) is 4.92. The van der Waals surface area contributed by atoms with Crippen LogP contribution in [0.5, 0.6) is 0 Å². The highest BCUT2D eigenvalue weighted by atomic mass is 32.1. The first kappa shape index (κ1) is 13.1. The Morgan fingerprint density at radius 1 is 1.32 bits per heavy atom. The highest BCUT2D eigenvalue weighted by Gasteiger charge is 2.36. The summed E-state index contributed by atoms with van der Waals surface area (Å²) < 4.78 is 1.40. The Bertz CT molecular complexity index is 571. The minimum Gasteiger partial charge on any atom is -0.321 e. The predicted octanol–water partition coefficient (Wildman–Crippen LogP) is 4.90. The van der Waals surface area contributed by atoms with Gasteiger partial charge < -0.3 is 5.73 Å². The first-order valence-electron chi connectivity index (χ1n) is 7.36. The Morgan fingerprint density at radius 2 is 2.16 bits per heavy atom. The summed E-state index contributed by atoms with van der Waals surface area (Å²) in [5, 5.41) is 3.53. The Hall–Kier alpha value is -0.860. The van der Waals surface area contributed by atoms with Gasteiger partial charge in [-0.1, -0.05) is 44.9 Å². The quantitative estimate of drug-likeness (QED) is 0.827. The molecule has 1 aromatic carbocycles. The summed E-state index contributed by atoms with van der Waals surface area (Å²) >= 11 is 1.84. The maximum Gasteiger partial charge on any atom is 0.0426 e. The van der Waals surface area contributed by atoms with Crippen molar-refractivity contribution >= 4 is 21.4 Å². The lowest BCUT2D eigenvalue weighted by Crippen LogP contribution is -2.42. The summed E-state index contributed by atoms with van der Waals surface area (Å²) in [5.41, 5.74) is 8.11. The average Bonchev–Trinajstić information content (AvgIpc) is 2.86. The van der Waals surface area contributed by atoms with Crippen molar-refractivity contribution in [1.82, 2.24) is 0 Å². The normalized spacial score (nSPS) is 28.1. The van der Waals surface area contributed by atoms with Gasteiger partial charge in [0.05, 0.1) is 0 Å². The smallest absolute Gasteiger partial charge is 0.0426 e. The highest BCUT2D eigenvalue weighted by molar-refractivity contribution is 7.17. The molecule has 1 aromatic heterocycles. The summed E-state index contributed by atoms with van der Waals surface area (Å²) in [6.45, 7) is 4.67. The van der Waals surface area contributed by atoms with Crippen molar-refractivity contribution in [2.24, 2.45) is 17.6 Å². The molecule has 1 aliphatic rings. The fourth-order valence-electron chi connectivity index (χ4n) is 3.55. The molecule has 1 fully saturated rings. The van der Waals surface area contributed by atoms with Crippen molar-refractivity contribution in [2.45, 2.75) is 45.1 Å². The third-order valence-corrected chi connectivity index (χ3v) is 5.75. The third-order valence-electron chi connectivity index (χ3n) is 4.78. The van der Waals surface area contributed by atoms with Crippen LogP contribution >= 0.6 is 11.3 Å². The lowest BCUT2D eigenvalue weighted by Gasteiger charge is -2.40. The van der Waals surface area contributed by atoms with E-state index in [0.29, 0.717) is 0 Å². The first-order chi connectivity index (χ1) is 9.10. The van der Waals surface area contributed by atoms with Crippen LogP contribution in [-0.2, 0) is 5.54 Å². The molecule has 0 spiro atoms. The van der Waals surface area contributed by atoms with Crippen LogP contribution in [0.15, 0.2) is 29.6 Å². The number of nitrogens with two attached hydrogens (primary N) is 1. The van der Waals surface area contributed by atoms with Gasteiger partial charge >= 0.3 is 0 Å². The van der Waals surface area contributed by atoms with Crippen LogP contribution in [-0.4, -0.2) is 0 Å². The minimum atomic E-state index is -0.114. The van der Waals surface area contributed by atoms with Crippen LogP contribution < -0.4 is 5.73 Å². The van der Waals surface area contributed by atoms with Crippen molar-refractivity contribution in [1.29, 1.82) is 0 Å². The Kier molecular flexibility index (Phi) is 3.40. The fourth-order valence-corrected chi connectivity index (χ4v) is 4.57. The maximum atomic E-state index is 6.84. The van der Waals surface area contributed by atoms with Gasteiger partial charge in [0.15, 0.2) is 0 Å². The molecular formula is C17H23NS. The molecule has 2 heteroatoms. The minimum absolute atomic E-state index is 0.114. The molecule has 0 amide bonds. The molecule has 2 aromatic rings. The monoisotopic (exact) mass is 273 g/mol. The van der Waals surface area contributed by atoms with Crippen LogP contribution in [0, 0.1) is 11.8 Å². The SMILES string of the molecule is CC(C)C1CCCC(N)(c2cccc3ccsc23)C1. The molecule has 0 radical (unpaired) electrons. The Balaban J connectivity index is 2.01. The topological polar surface area (TPSA) is 26.0 Å². The van der Waals surface area contributed by atoms with Crippen molar-refractivity contribution in [2.75, 3.05) is 0 Å². The predicted molar refractivity (Wildman–Crippen MR) is 84.5 cm³/mol. The summed E-state index contributed by atoms with van der Waals surface area (Å²) in [6, 6.07) is 8.82. The van der Waals surface area contributed by atoms with Crippen molar-refractivity contribution in [3.05, 3.63) is 35.2 Å². The van der Waals surface area contributed by atoms with Gasteiger partial charge in [-0.05, 0) is 47.1 Å². The van der Waals surface area contributed by atoms with E-state index in [1.165, 1.54) is 28.5 Å². The van der Waals surface area contributed by atoms with E-state index in [4.69, 9.17) is 5.73 Å². The second-order valence-electron chi connectivity index (χ2n) is 6.40. The maximum absolute atomic E-state index is 6.84. The van der Waals surface area contributed by atoms with Crippen LogP contribution in [0.25, 0.3) is 10.1 Å². The fraction of sp³-hybridized carbons (Fsp3) is 0.529. The Labute approximate surface area is 119 Å². The number of thiophene rings is 1. The summed E-state index contributed by atoms with van der Waals surface area (Å²) in [4.78, 5) is 0. The molecule has 19 heavy (non-hydrogen) atoms. The van der Waals surface area contributed by atoms with E-state index >= 15 is 0 Å². The molecule has 3 rings (SSSR count). The van der Waals surface area contributed by atoms with E-state index in [1.54, 1.807) is 0 Å². The van der Waals surface area contributed by atoms with Gasteiger partial charge in [-0.2, -0.15) is 0 Å². The van der Waals surface area contributed by atoms with Crippen molar-refractivity contribution in [3.63, 3.8) is 0 Å². The molecule has 1 nitrogen and oxygen atoms in total. The molecule has 2 unspecified atom stereocenters. The summed E-state index contributed by atoms with van der Waals surface area (Å²) in [7, 11) is 0. The number of rotatable bonds is 2. The van der Waals surface area contributed by atoms with E-state index in [-0.39, 0.29) is 5.54 Å². The molecule has 0 aliphatic heterocycles. The van der Waals surface area contributed by atoms with Gasteiger partial charge in [-0.15, -0.1) is 11.3 Å². The molecule has 102 valence electrons. The third kappa shape index (κ3) is 2.32. The number of fused-ring (bicyclic) bond motifs is 1. The van der Waals surface area contributed by atoms with E-state index < -0.39 is 0 Å². The molecule has 2 atom stereocenters. The van der Waals surface area contributed by atoms with Gasteiger partial charge in [0.25, 0.3) is 0 Å². The zero-order valence-electron chi connectivity index (χ0n) is 11.9. The van der Waals surface area contributed by atoms with Gasteiger partial charge in [-0.25, -0.2) is 0 Å². The van der Waals surface area contributed by atoms with Crippen LogP contribution in [0.3, 0.4) is 0 Å². The molecule has 1 aliphatic carbocycles. The van der Waals surface area contributed by atoms with Crippen LogP contribution in [0.2, 0.25) is 0 Å². The van der Waals surface area contributed by atoms with E-state index in [1.807, 2.05) is 11.3 Å². The first-order valence-corrected chi connectivity index (χ1v) is 8.24. The zero-order valence-corrected chi connectivity index (χ0v) is 12.7. The zero-order chi connectivity index (χ0) is 13.5. The summed E-state index contributed by atoms with van der Waals surface area (Å²) in [6.07, 6.45) is 4.88. The van der Waals surface area contributed by atoms with Gasteiger partial charge in [-0.3, -0.25) is 0 Å². The van der Waals surface area contributed by atoms with Gasteiger partial charge in [0.2, 0.25) is 0 Å². The molecule has 0 bridgehead atoms.